The Hall–Kier alpha value is -0.470. The summed E-state index contributed by atoms with van der Waals surface area (Å²) in [7, 11) is 0. The highest BCUT2D eigenvalue weighted by atomic mass is 35.5. The van der Waals surface area contributed by atoms with Crippen molar-refractivity contribution in [3.63, 3.8) is 0 Å². The molecule has 1 fully saturated rings. The third-order valence-corrected chi connectivity index (χ3v) is 4.23. The van der Waals surface area contributed by atoms with Crippen molar-refractivity contribution in [3.8, 4) is 0 Å². The normalized spacial score (nSPS) is 17.8. The Balaban J connectivity index is 0.00000242. The third kappa shape index (κ3) is 5.96. The minimum absolute atomic E-state index is 0. The number of thioether (sulfide) groups is 1. The van der Waals surface area contributed by atoms with Crippen LogP contribution in [0.15, 0.2) is 29.2 Å². The van der Waals surface area contributed by atoms with E-state index in [1.165, 1.54) is 12.1 Å². The van der Waals surface area contributed by atoms with E-state index in [0.29, 0.717) is 6.42 Å². The molecule has 0 amide bonds. The molecular formula is C14H20ClF3N2OS. The highest BCUT2D eigenvalue weighted by molar-refractivity contribution is 8.00. The number of nitrogens with one attached hydrogen (secondary N) is 1. The zero-order chi connectivity index (χ0) is 15.3. The van der Waals surface area contributed by atoms with Gasteiger partial charge in [-0.1, -0.05) is 12.1 Å². The molecule has 0 unspecified atom stereocenters. The van der Waals surface area contributed by atoms with Crippen LogP contribution >= 0.6 is 24.2 Å². The first-order valence-electron chi connectivity index (χ1n) is 6.91. The number of hydrogen-bond donors (Lipinski definition) is 2. The molecule has 1 aromatic carbocycles. The third-order valence-electron chi connectivity index (χ3n) is 3.49. The van der Waals surface area contributed by atoms with Crippen molar-refractivity contribution >= 4 is 24.2 Å². The molecule has 1 heterocycles. The zero-order valence-electron chi connectivity index (χ0n) is 12.0. The summed E-state index contributed by atoms with van der Waals surface area (Å²) < 4.78 is 37.0. The van der Waals surface area contributed by atoms with E-state index < -0.39 is 5.51 Å². The van der Waals surface area contributed by atoms with E-state index in [2.05, 4.69) is 10.2 Å². The molecule has 1 aliphatic heterocycles. The molecule has 1 atom stereocenters. The van der Waals surface area contributed by atoms with Crippen molar-refractivity contribution in [3.05, 3.63) is 29.8 Å². The number of hydrogen-bond acceptors (Lipinski definition) is 4. The molecular weight excluding hydrogens is 337 g/mol. The summed E-state index contributed by atoms with van der Waals surface area (Å²) in [4.78, 5) is 2.45. The Kier molecular flexibility index (Phi) is 7.99. The van der Waals surface area contributed by atoms with E-state index in [4.69, 9.17) is 0 Å². The van der Waals surface area contributed by atoms with Gasteiger partial charge in [-0.3, -0.25) is 4.90 Å². The van der Waals surface area contributed by atoms with Crippen molar-refractivity contribution in [1.82, 2.24) is 10.2 Å². The van der Waals surface area contributed by atoms with Crippen LogP contribution in [0.2, 0.25) is 0 Å². The van der Waals surface area contributed by atoms with Crippen LogP contribution in [0.4, 0.5) is 13.2 Å². The number of nitrogens with zero attached hydrogens (tertiary/aromatic N) is 1. The fourth-order valence-electron chi connectivity index (χ4n) is 2.57. The number of rotatable bonds is 5. The monoisotopic (exact) mass is 356 g/mol. The van der Waals surface area contributed by atoms with E-state index >= 15 is 0 Å². The van der Waals surface area contributed by atoms with Crippen molar-refractivity contribution < 1.29 is 18.3 Å². The second-order valence-electron chi connectivity index (χ2n) is 4.93. The van der Waals surface area contributed by atoms with Gasteiger partial charge < -0.3 is 10.4 Å². The molecule has 126 valence electrons. The van der Waals surface area contributed by atoms with Gasteiger partial charge in [0.25, 0.3) is 0 Å². The van der Waals surface area contributed by atoms with Crippen molar-refractivity contribution in [2.24, 2.45) is 0 Å². The number of alkyl halides is 3. The standard InChI is InChI=1S/C14H19F3N2OS.ClH/c15-14(16,17)21-12-3-1-11(2-4-12)13(5-10-20)19-8-6-18-7-9-19;/h1-4,13,18,20H,5-10H2;1H/t13-;/m0./s1. The molecule has 8 heteroatoms. The van der Waals surface area contributed by atoms with Gasteiger partial charge in [-0.15, -0.1) is 12.4 Å². The van der Waals surface area contributed by atoms with Crippen LogP contribution in [0.1, 0.15) is 18.0 Å². The average Bonchev–Trinajstić information content (AvgIpc) is 2.45. The van der Waals surface area contributed by atoms with Crippen molar-refractivity contribution in [2.45, 2.75) is 22.9 Å². The lowest BCUT2D eigenvalue weighted by molar-refractivity contribution is -0.0328. The van der Waals surface area contributed by atoms with Gasteiger partial charge in [0.05, 0.1) is 0 Å². The molecule has 1 aliphatic rings. The van der Waals surface area contributed by atoms with Gasteiger partial charge in [0.1, 0.15) is 0 Å². The predicted molar refractivity (Wildman–Crippen MR) is 84.5 cm³/mol. The van der Waals surface area contributed by atoms with Gasteiger partial charge >= 0.3 is 5.51 Å². The molecule has 0 spiro atoms. The van der Waals surface area contributed by atoms with Crippen LogP contribution in [0.25, 0.3) is 0 Å². The van der Waals surface area contributed by atoms with Gasteiger partial charge in [-0.05, 0) is 35.9 Å². The molecule has 2 N–H and O–H groups in total. The molecule has 1 aromatic rings. The smallest absolute Gasteiger partial charge is 0.396 e. The highest BCUT2D eigenvalue weighted by Gasteiger charge is 2.29. The van der Waals surface area contributed by atoms with Gasteiger partial charge in [0, 0.05) is 43.7 Å². The summed E-state index contributed by atoms with van der Waals surface area (Å²) in [5.41, 5.74) is -3.30. The second kappa shape index (κ2) is 8.98. The lowest BCUT2D eigenvalue weighted by Crippen LogP contribution is -2.45. The largest absolute Gasteiger partial charge is 0.446 e. The van der Waals surface area contributed by atoms with Crippen LogP contribution in [-0.4, -0.2) is 48.3 Å². The minimum Gasteiger partial charge on any atom is -0.396 e. The minimum atomic E-state index is -4.26. The van der Waals surface area contributed by atoms with Crippen molar-refractivity contribution in [2.75, 3.05) is 32.8 Å². The Labute approximate surface area is 138 Å². The van der Waals surface area contributed by atoms with Gasteiger partial charge in [0.15, 0.2) is 0 Å². The number of piperazine rings is 1. The molecule has 0 aliphatic carbocycles. The van der Waals surface area contributed by atoms with Gasteiger partial charge in [-0.2, -0.15) is 13.2 Å². The Morgan fingerprint density at radius 2 is 1.77 bits per heavy atom. The molecule has 2 rings (SSSR count). The van der Waals surface area contributed by atoms with Crippen LogP contribution in [-0.2, 0) is 0 Å². The van der Waals surface area contributed by atoms with Gasteiger partial charge in [-0.25, -0.2) is 0 Å². The molecule has 0 radical (unpaired) electrons. The summed E-state index contributed by atoms with van der Waals surface area (Å²) in [5.74, 6) is 0. The second-order valence-corrected chi connectivity index (χ2v) is 6.07. The summed E-state index contributed by atoms with van der Waals surface area (Å²) in [6, 6.07) is 6.52. The average molecular weight is 357 g/mol. The van der Waals surface area contributed by atoms with Crippen LogP contribution in [0, 0.1) is 0 Å². The molecule has 0 bridgehead atoms. The van der Waals surface area contributed by atoms with Crippen LogP contribution in [0.5, 0.6) is 0 Å². The quantitative estimate of drug-likeness (QED) is 0.795. The fourth-order valence-corrected chi connectivity index (χ4v) is 3.11. The predicted octanol–water partition coefficient (Wildman–Crippen LogP) is 3.05. The first-order chi connectivity index (χ1) is 9.99. The highest BCUT2D eigenvalue weighted by Crippen LogP contribution is 2.37. The molecule has 3 nitrogen and oxygen atoms in total. The van der Waals surface area contributed by atoms with Crippen molar-refractivity contribution in [1.29, 1.82) is 0 Å². The molecule has 0 aromatic heterocycles. The fraction of sp³-hybridized carbons (Fsp3) is 0.571. The molecule has 1 saturated heterocycles. The van der Waals surface area contributed by atoms with Crippen LogP contribution < -0.4 is 5.32 Å². The topological polar surface area (TPSA) is 35.5 Å². The van der Waals surface area contributed by atoms with Gasteiger partial charge in [0.2, 0.25) is 0 Å². The maximum absolute atomic E-state index is 12.3. The number of aliphatic hydroxyl groups excluding tert-OH is 1. The summed E-state index contributed by atoms with van der Waals surface area (Å²) in [5, 5.41) is 12.5. The molecule has 0 saturated carbocycles. The van der Waals surface area contributed by atoms with E-state index in [1.54, 1.807) is 12.1 Å². The first-order valence-corrected chi connectivity index (χ1v) is 7.72. The number of benzene rings is 1. The summed E-state index contributed by atoms with van der Waals surface area (Å²) in [6.45, 7) is 3.61. The summed E-state index contributed by atoms with van der Waals surface area (Å²) >= 11 is -0.103. The van der Waals surface area contributed by atoms with E-state index in [0.717, 1.165) is 31.7 Å². The molecule has 22 heavy (non-hydrogen) atoms. The Bertz CT molecular complexity index is 439. The Morgan fingerprint density at radius 3 is 2.27 bits per heavy atom. The first kappa shape index (κ1) is 19.6. The van der Waals surface area contributed by atoms with E-state index in [-0.39, 0.29) is 41.7 Å². The zero-order valence-corrected chi connectivity index (χ0v) is 13.6. The van der Waals surface area contributed by atoms with E-state index in [1.807, 2.05) is 0 Å². The maximum Gasteiger partial charge on any atom is 0.446 e. The van der Waals surface area contributed by atoms with E-state index in [9.17, 15) is 18.3 Å². The number of halogens is 4. The Morgan fingerprint density at radius 1 is 1.18 bits per heavy atom. The van der Waals surface area contributed by atoms with Crippen LogP contribution in [0.3, 0.4) is 0 Å². The lowest BCUT2D eigenvalue weighted by Gasteiger charge is -2.35. The maximum atomic E-state index is 12.3. The number of aliphatic hydroxyl groups is 1. The summed E-state index contributed by atoms with van der Waals surface area (Å²) in [6.07, 6.45) is 0.589. The SMILES string of the molecule is Cl.OCC[C@@H](c1ccc(SC(F)(F)F)cc1)N1CCNCC1. The lowest BCUT2D eigenvalue weighted by atomic mass is 10.0.